The number of nitrogens with one attached hydrogen (secondary N) is 1. The van der Waals surface area contributed by atoms with Crippen LogP contribution in [0.3, 0.4) is 0 Å². The molecule has 4 rings (SSSR count). The minimum atomic E-state index is -1.13. The number of aliphatic carboxylic acids is 1. The van der Waals surface area contributed by atoms with Crippen LogP contribution >= 0.6 is 0 Å². The van der Waals surface area contributed by atoms with Crippen molar-refractivity contribution in [2.24, 2.45) is 0 Å². The number of halogens is 1. The molecule has 4 aromatic rings. The number of para-hydroxylation sites is 2. The molecule has 0 saturated carbocycles. The van der Waals surface area contributed by atoms with E-state index in [1.807, 2.05) is 6.07 Å². The van der Waals surface area contributed by atoms with Gasteiger partial charge in [0.25, 0.3) is 5.91 Å². The van der Waals surface area contributed by atoms with Crippen LogP contribution in [0.15, 0.2) is 71.1 Å². The SMILES string of the molecule is O=C(O)COc1ccc(NC(=O)c2ccc(F)cc2)cc1-c1nc2ccccc2o1. The predicted octanol–water partition coefficient (Wildman–Crippen LogP) is 4.35. The number of carbonyl (C=O) groups is 2. The average Bonchev–Trinajstić information content (AvgIpc) is 3.17. The van der Waals surface area contributed by atoms with Crippen molar-refractivity contribution in [2.75, 3.05) is 11.9 Å². The Labute approximate surface area is 169 Å². The zero-order valence-electron chi connectivity index (χ0n) is 15.5. The summed E-state index contributed by atoms with van der Waals surface area (Å²) < 4.78 is 24.2. The van der Waals surface area contributed by atoms with E-state index in [2.05, 4.69) is 10.3 Å². The van der Waals surface area contributed by atoms with Gasteiger partial charge in [-0.05, 0) is 54.6 Å². The van der Waals surface area contributed by atoms with Crippen LogP contribution < -0.4 is 10.1 Å². The normalized spacial score (nSPS) is 10.7. The van der Waals surface area contributed by atoms with Gasteiger partial charge in [-0.2, -0.15) is 0 Å². The standard InChI is InChI=1S/C22H15FN2O5/c23-14-7-5-13(6-8-14)21(28)24-15-9-10-18(29-12-20(26)27)16(11-15)22-25-17-3-1-2-4-19(17)30-22/h1-11H,12H2,(H,24,28)(H,26,27). The summed E-state index contributed by atoms with van der Waals surface area (Å²) in [6.07, 6.45) is 0. The van der Waals surface area contributed by atoms with E-state index >= 15 is 0 Å². The third-order valence-corrected chi connectivity index (χ3v) is 4.22. The molecule has 150 valence electrons. The molecule has 1 amide bonds. The Morgan fingerprint density at radius 1 is 1.07 bits per heavy atom. The van der Waals surface area contributed by atoms with Gasteiger partial charge in [-0.3, -0.25) is 4.79 Å². The number of carboxylic acid groups (broad SMARTS) is 1. The lowest BCUT2D eigenvalue weighted by Gasteiger charge is -2.11. The number of fused-ring (bicyclic) bond motifs is 1. The molecule has 0 radical (unpaired) electrons. The van der Waals surface area contributed by atoms with Gasteiger partial charge in [0, 0.05) is 11.3 Å². The Hall–Kier alpha value is -4.20. The molecule has 0 fully saturated rings. The molecule has 3 aromatic carbocycles. The number of nitrogens with zero attached hydrogens (tertiary/aromatic N) is 1. The van der Waals surface area contributed by atoms with E-state index < -0.39 is 24.3 Å². The van der Waals surface area contributed by atoms with Crippen molar-refractivity contribution in [3.8, 4) is 17.2 Å². The topological polar surface area (TPSA) is 102 Å². The molecule has 0 bridgehead atoms. The van der Waals surface area contributed by atoms with E-state index in [-0.39, 0.29) is 17.2 Å². The monoisotopic (exact) mass is 406 g/mol. The van der Waals surface area contributed by atoms with E-state index in [0.717, 1.165) is 0 Å². The van der Waals surface area contributed by atoms with Crippen molar-refractivity contribution in [1.29, 1.82) is 0 Å². The van der Waals surface area contributed by atoms with Gasteiger partial charge >= 0.3 is 5.97 Å². The molecule has 0 aliphatic heterocycles. The van der Waals surface area contributed by atoms with E-state index in [1.165, 1.54) is 30.3 Å². The molecule has 0 aliphatic rings. The second-order valence-electron chi connectivity index (χ2n) is 6.34. The van der Waals surface area contributed by atoms with Crippen LogP contribution in [0.25, 0.3) is 22.6 Å². The molecule has 0 unspecified atom stereocenters. The highest BCUT2D eigenvalue weighted by Gasteiger charge is 2.16. The summed E-state index contributed by atoms with van der Waals surface area (Å²) >= 11 is 0. The summed E-state index contributed by atoms with van der Waals surface area (Å²) in [5.74, 6) is -1.55. The number of amides is 1. The first kappa shape index (κ1) is 19.1. The summed E-state index contributed by atoms with van der Waals surface area (Å²) in [6, 6.07) is 16.9. The number of ether oxygens (including phenoxy) is 1. The van der Waals surface area contributed by atoms with Crippen LogP contribution in [-0.2, 0) is 4.79 Å². The molecule has 1 heterocycles. The van der Waals surface area contributed by atoms with E-state index in [9.17, 15) is 14.0 Å². The molecule has 0 aliphatic carbocycles. The molecule has 8 heteroatoms. The van der Waals surface area contributed by atoms with Gasteiger partial charge in [0.2, 0.25) is 5.89 Å². The van der Waals surface area contributed by atoms with Gasteiger partial charge in [0.15, 0.2) is 12.2 Å². The van der Waals surface area contributed by atoms with Crippen LogP contribution in [0.1, 0.15) is 10.4 Å². The number of aromatic nitrogens is 1. The minimum Gasteiger partial charge on any atom is -0.481 e. The first-order chi connectivity index (χ1) is 14.5. The zero-order chi connectivity index (χ0) is 21.1. The lowest BCUT2D eigenvalue weighted by molar-refractivity contribution is -0.139. The quantitative estimate of drug-likeness (QED) is 0.494. The van der Waals surface area contributed by atoms with Crippen LogP contribution in [0, 0.1) is 5.82 Å². The largest absolute Gasteiger partial charge is 0.481 e. The van der Waals surface area contributed by atoms with Crippen molar-refractivity contribution in [3.63, 3.8) is 0 Å². The van der Waals surface area contributed by atoms with Gasteiger partial charge < -0.3 is 19.6 Å². The molecule has 30 heavy (non-hydrogen) atoms. The summed E-state index contributed by atoms with van der Waals surface area (Å²) in [5.41, 5.74) is 2.24. The van der Waals surface area contributed by atoms with Crippen molar-refractivity contribution >= 4 is 28.7 Å². The number of hydrogen-bond donors (Lipinski definition) is 2. The smallest absolute Gasteiger partial charge is 0.341 e. The molecule has 0 atom stereocenters. The first-order valence-electron chi connectivity index (χ1n) is 8.91. The fraction of sp³-hybridized carbons (Fsp3) is 0.0455. The number of anilines is 1. The predicted molar refractivity (Wildman–Crippen MR) is 107 cm³/mol. The number of oxazole rings is 1. The maximum atomic E-state index is 13.1. The highest BCUT2D eigenvalue weighted by molar-refractivity contribution is 6.04. The fourth-order valence-electron chi connectivity index (χ4n) is 2.83. The summed E-state index contributed by atoms with van der Waals surface area (Å²) in [4.78, 5) is 27.7. The van der Waals surface area contributed by atoms with E-state index in [0.29, 0.717) is 22.4 Å². The maximum Gasteiger partial charge on any atom is 0.341 e. The number of benzene rings is 3. The number of carbonyl (C=O) groups excluding carboxylic acids is 1. The van der Waals surface area contributed by atoms with Crippen molar-refractivity contribution < 1.29 is 28.2 Å². The maximum absolute atomic E-state index is 13.1. The van der Waals surface area contributed by atoms with Gasteiger partial charge in [-0.15, -0.1) is 0 Å². The second-order valence-corrected chi connectivity index (χ2v) is 6.34. The van der Waals surface area contributed by atoms with E-state index in [1.54, 1.807) is 30.3 Å². The third-order valence-electron chi connectivity index (χ3n) is 4.22. The van der Waals surface area contributed by atoms with Gasteiger partial charge in [-0.1, -0.05) is 12.1 Å². The fourth-order valence-corrected chi connectivity index (χ4v) is 2.83. The second kappa shape index (κ2) is 8.04. The molecule has 0 spiro atoms. The third kappa shape index (κ3) is 4.12. The molecule has 1 aromatic heterocycles. The van der Waals surface area contributed by atoms with Gasteiger partial charge in [-0.25, -0.2) is 14.2 Å². The van der Waals surface area contributed by atoms with Crippen molar-refractivity contribution in [3.05, 3.63) is 78.1 Å². The van der Waals surface area contributed by atoms with Crippen molar-refractivity contribution in [1.82, 2.24) is 4.98 Å². The molecule has 0 saturated heterocycles. The molecular formula is C22H15FN2O5. The van der Waals surface area contributed by atoms with Crippen LogP contribution in [0.4, 0.5) is 10.1 Å². The average molecular weight is 406 g/mol. The minimum absolute atomic E-state index is 0.217. The number of carboxylic acids is 1. The summed E-state index contributed by atoms with van der Waals surface area (Å²) in [7, 11) is 0. The zero-order valence-corrected chi connectivity index (χ0v) is 15.5. The number of rotatable bonds is 6. The highest BCUT2D eigenvalue weighted by atomic mass is 19.1. The van der Waals surface area contributed by atoms with Crippen LogP contribution in [-0.4, -0.2) is 28.6 Å². The lowest BCUT2D eigenvalue weighted by atomic mass is 10.1. The Kier molecular flexibility index (Phi) is 5.13. The number of hydrogen-bond acceptors (Lipinski definition) is 5. The van der Waals surface area contributed by atoms with Crippen molar-refractivity contribution in [2.45, 2.75) is 0 Å². The Balaban J connectivity index is 1.69. The highest BCUT2D eigenvalue weighted by Crippen LogP contribution is 2.34. The molecule has 2 N–H and O–H groups in total. The van der Waals surface area contributed by atoms with Gasteiger partial charge in [0.05, 0.1) is 5.56 Å². The Morgan fingerprint density at radius 3 is 2.57 bits per heavy atom. The Bertz CT molecular complexity index is 1200. The van der Waals surface area contributed by atoms with Crippen LogP contribution in [0.2, 0.25) is 0 Å². The van der Waals surface area contributed by atoms with Crippen LogP contribution in [0.5, 0.6) is 5.75 Å². The molecular weight excluding hydrogens is 391 g/mol. The summed E-state index contributed by atoms with van der Waals surface area (Å²) in [6.45, 7) is -0.547. The lowest BCUT2D eigenvalue weighted by Crippen LogP contribution is -2.13. The Morgan fingerprint density at radius 2 is 1.83 bits per heavy atom. The summed E-state index contributed by atoms with van der Waals surface area (Å²) in [5, 5.41) is 11.6. The van der Waals surface area contributed by atoms with E-state index in [4.69, 9.17) is 14.3 Å². The molecule has 7 nitrogen and oxygen atoms in total. The van der Waals surface area contributed by atoms with Gasteiger partial charge in [0.1, 0.15) is 17.1 Å². The first-order valence-corrected chi connectivity index (χ1v) is 8.91.